The summed E-state index contributed by atoms with van der Waals surface area (Å²) >= 11 is 0. The molecule has 1 atom stereocenters. The monoisotopic (exact) mass is 322 g/mol. The molecule has 118 valence electrons. The molecule has 1 unspecified atom stereocenters. The molecule has 7 heteroatoms. The fourth-order valence-corrected chi connectivity index (χ4v) is 2.28. The van der Waals surface area contributed by atoms with Crippen molar-refractivity contribution in [3.63, 3.8) is 0 Å². The predicted molar refractivity (Wildman–Crippen MR) is 76.1 cm³/mol. The first-order valence-electron chi connectivity index (χ1n) is 6.58. The highest BCUT2D eigenvalue weighted by molar-refractivity contribution is 5.85. The van der Waals surface area contributed by atoms with E-state index in [1.54, 1.807) is 6.07 Å². The van der Waals surface area contributed by atoms with Crippen LogP contribution in [0.25, 0.3) is 0 Å². The fourth-order valence-electron chi connectivity index (χ4n) is 2.28. The van der Waals surface area contributed by atoms with Crippen molar-refractivity contribution in [2.24, 2.45) is 5.92 Å². The van der Waals surface area contributed by atoms with Gasteiger partial charge in [-0.2, -0.15) is 13.2 Å². The topological polar surface area (TPSA) is 41.1 Å². The van der Waals surface area contributed by atoms with E-state index < -0.39 is 11.7 Å². The third-order valence-electron chi connectivity index (χ3n) is 3.38. The van der Waals surface area contributed by atoms with Crippen LogP contribution in [-0.2, 0) is 17.5 Å². The normalized spacial score (nSPS) is 18.1. The molecule has 0 spiro atoms. The summed E-state index contributed by atoms with van der Waals surface area (Å²) in [6.45, 7) is 1.88. The average Bonchev–Trinajstić information content (AvgIpc) is 2.88. The van der Waals surface area contributed by atoms with E-state index in [0.717, 1.165) is 31.6 Å². The van der Waals surface area contributed by atoms with Crippen LogP contribution >= 0.6 is 12.4 Å². The van der Waals surface area contributed by atoms with Crippen molar-refractivity contribution in [3.05, 3.63) is 35.4 Å². The van der Waals surface area contributed by atoms with Gasteiger partial charge in [0.05, 0.1) is 5.56 Å². The first-order chi connectivity index (χ1) is 9.45. The Balaban J connectivity index is 0.00000220. The van der Waals surface area contributed by atoms with Crippen LogP contribution in [-0.4, -0.2) is 19.0 Å². The molecule has 2 rings (SSSR count). The summed E-state index contributed by atoms with van der Waals surface area (Å²) in [5.41, 5.74) is -0.234. The molecule has 2 N–H and O–H groups in total. The Bertz CT molecular complexity index is 474. The van der Waals surface area contributed by atoms with Crippen molar-refractivity contribution < 1.29 is 18.0 Å². The summed E-state index contributed by atoms with van der Waals surface area (Å²) in [5, 5.41) is 5.84. The second-order valence-electron chi connectivity index (χ2n) is 5.04. The number of carbonyl (C=O) groups is 1. The standard InChI is InChI=1S/C14H17F3N2O.ClH/c15-14(16,17)12-3-1-2-10(6-12)9-19-13(20)7-11-4-5-18-8-11;/h1-3,6,11,18H,4-5,7-9H2,(H,19,20);1H. The number of hydrogen-bond donors (Lipinski definition) is 2. The molecular weight excluding hydrogens is 305 g/mol. The Morgan fingerprint density at radius 3 is 2.76 bits per heavy atom. The maximum absolute atomic E-state index is 12.5. The van der Waals surface area contributed by atoms with E-state index in [2.05, 4.69) is 10.6 Å². The zero-order chi connectivity index (χ0) is 14.6. The zero-order valence-corrected chi connectivity index (χ0v) is 12.2. The van der Waals surface area contributed by atoms with Crippen LogP contribution in [0.15, 0.2) is 24.3 Å². The van der Waals surface area contributed by atoms with Crippen LogP contribution in [0.1, 0.15) is 24.0 Å². The third kappa shape index (κ3) is 5.55. The Hall–Kier alpha value is -1.27. The molecule has 1 aromatic carbocycles. The van der Waals surface area contributed by atoms with Crippen LogP contribution < -0.4 is 10.6 Å². The summed E-state index contributed by atoms with van der Waals surface area (Å²) in [4.78, 5) is 11.7. The minimum Gasteiger partial charge on any atom is -0.352 e. The number of alkyl halides is 3. The van der Waals surface area contributed by atoms with Crippen LogP contribution in [0.3, 0.4) is 0 Å². The summed E-state index contributed by atoms with van der Waals surface area (Å²) < 4.78 is 37.6. The van der Waals surface area contributed by atoms with Crippen LogP contribution in [0.4, 0.5) is 13.2 Å². The van der Waals surface area contributed by atoms with Gasteiger partial charge in [-0.15, -0.1) is 12.4 Å². The number of carbonyl (C=O) groups excluding carboxylic acids is 1. The van der Waals surface area contributed by atoms with Crippen molar-refractivity contribution >= 4 is 18.3 Å². The first-order valence-corrected chi connectivity index (χ1v) is 6.58. The van der Waals surface area contributed by atoms with Crippen LogP contribution in [0, 0.1) is 5.92 Å². The van der Waals surface area contributed by atoms with E-state index in [0.29, 0.717) is 17.9 Å². The summed E-state index contributed by atoms with van der Waals surface area (Å²) in [6.07, 6.45) is -2.96. The number of rotatable bonds is 4. The quantitative estimate of drug-likeness (QED) is 0.895. The van der Waals surface area contributed by atoms with Gasteiger partial charge in [0.15, 0.2) is 0 Å². The first kappa shape index (κ1) is 17.8. The van der Waals surface area contributed by atoms with Gasteiger partial charge in [-0.1, -0.05) is 12.1 Å². The number of amides is 1. The smallest absolute Gasteiger partial charge is 0.352 e. The third-order valence-corrected chi connectivity index (χ3v) is 3.38. The molecule has 3 nitrogen and oxygen atoms in total. The highest BCUT2D eigenvalue weighted by Crippen LogP contribution is 2.29. The number of halogens is 4. The molecule has 0 bridgehead atoms. The fraction of sp³-hybridized carbons (Fsp3) is 0.500. The summed E-state index contributed by atoms with van der Waals surface area (Å²) in [5.74, 6) is 0.215. The molecule has 1 aliphatic rings. The van der Waals surface area contributed by atoms with E-state index in [4.69, 9.17) is 0 Å². The van der Waals surface area contributed by atoms with Crippen molar-refractivity contribution in [2.45, 2.75) is 25.6 Å². The summed E-state index contributed by atoms with van der Waals surface area (Å²) in [6, 6.07) is 5.02. The molecular formula is C14H18ClF3N2O. The minimum absolute atomic E-state index is 0. The van der Waals surface area contributed by atoms with E-state index in [1.807, 2.05) is 0 Å². The van der Waals surface area contributed by atoms with Gasteiger partial charge >= 0.3 is 6.18 Å². The lowest BCUT2D eigenvalue weighted by Crippen LogP contribution is -2.26. The zero-order valence-electron chi connectivity index (χ0n) is 11.4. The number of hydrogen-bond acceptors (Lipinski definition) is 2. The second-order valence-corrected chi connectivity index (χ2v) is 5.04. The van der Waals surface area contributed by atoms with Crippen molar-refractivity contribution in [1.82, 2.24) is 10.6 Å². The van der Waals surface area contributed by atoms with Gasteiger partial charge in [-0.05, 0) is 43.1 Å². The van der Waals surface area contributed by atoms with Gasteiger partial charge in [0.25, 0.3) is 0 Å². The Morgan fingerprint density at radius 2 is 2.14 bits per heavy atom. The van der Waals surface area contributed by atoms with E-state index in [-0.39, 0.29) is 24.9 Å². The Labute approximate surface area is 127 Å². The number of nitrogens with one attached hydrogen (secondary N) is 2. The van der Waals surface area contributed by atoms with E-state index in [9.17, 15) is 18.0 Å². The lowest BCUT2D eigenvalue weighted by atomic mass is 10.0. The van der Waals surface area contributed by atoms with Crippen molar-refractivity contribution in [3.8, 4) is 0 Å². The molecule has 1 amide bonds. The maximum atomic E-state index is 12.5. The van der Waals surface area contributed by atoms with E-state index in [1.165, 1.54) is 6.07 Å². The molecule has 1 aromatic rings. The van der Waals surface area contributed by atoms with Crippen molar-refractivity contribution in [1.29, 1.82) is 0 Å². The van der Waals surface area contributed by atoms with Gasteiger partial charge in [0, 0.05) is 13.0 Å². The number of benzene rings is 1. The molecule has 1 aliphatic heterocycles. The van der Waals surface area contributed by atoms with Gasteiger partial charge in [-0.25, -0.2) is 0 Å². The maximum Gasteiger partial charge on any atom is 0.416 e. The van der Waals surface area contributed by atoms with Crippen LogP contribution in [0.2, 0.25) is 0 Å². The van der Waals surface area contributed by atoms with Gasteiger partial charge < -0.3 is 10.6 Å². The van der Waals surface area contributed by atoms with Gasteiger partial charge in [-0.3, -0.25) is 4.79 Å². The van der Waals surface area contributed by atoms with E-state index >= 15 is 0 Å². The molecule has 0 aliphatic carbocycles. The molecule has 1 saturated heterocycles. The largest absolute Gasteiger partial charge is 0.416 e. The predicted octanol–water partition coefficient (Wildman–Crippen LogP) is 2.74. The molecule has 0 saturated carbocycles. The van der Waals surface area contributed by atoms with Crippen molar-refractivity contribution in [2.75, 3.05) is 13.1 Å². The lowest BCUT2D eigenvalue weighted by Gasteiger charge is -2.11. The molecule has 1 heterocycles. The average molecular weight is 323 g/mol. The second kappa shape index (κ2) is 7.66. The molecule has 1 fully saturated rings. The lowest BCUT2D eigenvalue weighted by molar-refractivity contribution is -0.137. The van der Waals surface area contributed by atoms with Gasteiger partial charge in [0.1, 0.15) is 0 Å². The Kier molecular flexibility index (Phi) is 6.48. The Morgan fingerprint density at radius 1 is 1.38 bits per heavy atom. The SMILES string of the molecule is Cl.O=C(CC1CCNC1)NCc1cccc(C(F)(F)F)c1. The van der Waals surface area contributed by atoms with Crippen LogP contribution in [0.5, 0.6) is 0 Å². The molecule has 0 radical (unpaired) electrons. The highest BCUT2D eigenvalue weighted by atomic mass is 35.5. The summed E-state index contributed by atoms with van der Waals surface area (Å²) in [7, 11) is 0. The minimum atomic E-state index is -4.35. The molecule has 0 aromatic heterocycles. The van der Waals surface area contributed by atoms with Gasteiger partial charge in [0.2, 0.25) is 5.91 Å². The molecule has 21 heavy (non-hydrogen) atoms. The highest BCUT2D eigenvalue weighted by Gasteiger charge is 2.30.